The summed E-state index contributed by atoms with van der Waals surface area (Å²) in [7, 11) is 0. The minimum Gasteiger partial charge on any atom is -0.374 e. The largest absolute Gasteiger partial charge is 0.374 e. The van der Waals surface area contributed by atoms with Crippen molar-refractivity contribution >= 4 is 17.3 Å². The van der Waals surface area contributed by atoms with Crippen molar-refractivity contribution in [2.75, 3.05) is 18.1 Å². The Labute approximate surface area is 100 Å². The number of halogens is 1. The molecular weight excluding hydrogens is 224 g/mol. The molecule has 0 aromatic heterocycles. The minimum absolute atomic E-state index is 0.300. The number of nitrogens with zero attached hydrogens (tertiary/aromatic N) is 1. The van der Waals surface area contributed by atoms with Crippen molar-refractivity contribution < 1.29 is 4.74 Å². The molecule has 2 aliphatic rings. The van der Waals surface area contributed by atoms with Crippen molar-refractivity contribution in [2.24, 2.45) is 5.73 Å². The Morgan fingerprint density at radius 3 is 3.12 bits per heavy atom. The van der Waals surface area contributed by atoms with Crippen LogP contribution in [-0.2, 0) is 4.74 Å². The van der Waals surface area contributed by atoms with Crippen molar-refractivity contribution in [3.8, 4) is 0 Å². The lowest BCUT2D eigenvalue weighted by Crippen LogP contribution is -2.49. The molecule has 2 fully saturated rings. The number of nitrogens with two attached hydrogens (primary N) is 1. The third-order valence-corrected chi connectivity index (χ3v) is 3.77. The molecule has 0 radical (unpaired) electrons. The fourth-order valence-electron chi connectivity index (χ4n) is 2.86. The highest BCUT2D eigenvalue weighted by atomic mass is 35.5. The normalized spacial score (nSPS) is 32.4. The summed E-state index contributed by atoms with van der Waals surface area (Å²) in [4.78, 5) is 2.38. The second kappa shape index (κ2) is 3.91. The molecule has 3 rings (SSSR count). The second-order valence-electron chi connectivity index (χ2n) is 4.45. The van der Waals surface area contributed by atoms with Crippen LogP contribution >= 0.6 is 11.6 Å². The van der Waals surface area contributed by atoms with Crippen LogP contribution in [0.15, 0.2) is 24.3 Å². The van der Waals surface area contributed by atoms with E-state index < -0.39 is 0 Å². The van der Waals surface area contributed by atoms with Gasteiger partial charge in [-0.15, -0.1) is 0 Å². The third-order valence-electron chi connectivity index (χ3n) is 3.53. The van der Waals surface area contributed by atoms with Crippen LogP contribution < -0.4 is 10.6 Å². The van der Waals surface area contributed by atoms with E-state index in [1.165, 1.54) is 5.69 Å². The zero-order valence-corrected chi connectivity index (χ0v) is 9.73. The number of hydrogen-bond donors (Lipinski definition) is 1. The number of morpholine rings is 1. The van der Waals surface area contributed by atoms with E-state index in [0.29, 0.717) is 24.7 Å². The van der Waals surface area contributed by atoms with Gasteiger partial charge < -0.3 is 15.4 Å². The Kier molecular flexibility index (Phi) is 2.54. The fraction of sp³-hybridized carbons (Fsp3) is 0.500. The van der Waals surface area contributed by atoms with Gasteiger partial charge in [-0.05, 0) is 24.6 Å². The van der Waals surface area contributed by atoms with Crippen molar-refractivity contribution in [3.63, 3.8) is 0 Å². The van der Waals surface area contributed by atoms with Gasteiger partial charge in [0.15, 0.2) is 0 Å². The zero-order chi connectivity index (χ0) is 11.1. The van der Waals surface area contributed by atoms with Crippen molar-refractivity contribution in [3.05, 3.63) is 29.3 Å². The van der Waals surface area contributed by atoms with E-state index >= 15 is 0 Å². The van der Waals surface area contributed by atoms with Crippen LogP contribution in [0, 0.1) is 0 Å². The molecule has 3 atom stereocenters. The molecule has 2 aliphatic heterocycles. The maximum absolute atomic E-state index is 6.03. The molecule has 0 amide bonds. The predicted molar refractivity (Wildman–Crippen MR) is 64.9 cm³/mol. The standard InChI is InChI=1S/C12H15ClN2O/c13-8-2-1-3-9(4-8)15-10-5-12(16-7-10)11(15)6-14/h1-4,10-12H,5-7,14H2. The Morgan fingerprint density at radius 1 is 1.50 bits per heavy atom. The Hall–Kier alpha value is -0.770. The number of anilines is 1. The van der Waals surface area contributed by atoms with Crippen LogP contribution in [0.3, 0.4) is 0 Å². The SMILES string of the molecule is NCC1C2CC(CO2)N1c1cccc(Cl)c1. The van der Waals surface area contributed by atoms with E-state index in [-0.39, 0.29) is 0 Å². The number of hydrogen-bond acceptors (Lipinski definition) is 3. The van der Waals surface area contributed by atoms with E-state index in [9.17, 15) is 0 Å². The van der Waals surface area contributed by atoms with Crippen LogP contribution in [0.4, 0.5) is 5.69 Å². The van der Waals surface area contributed by atoms with E-state index in [4.69, 9.17) is 22.1 Å². The quantitative estimate of drug-likeness (QED) is 0.852. The summed E-state index contributed by atoms with van der Waals surface area (Å²) in [5.41, 5.74) is 7.00. The first kappa shape index (κ1) is 10.4. The van der Waals surface area contributed by atoms with Gasteiger partial charge in [-0.3, -0.25) is 0 Å². The maximum Gasteiger partial charge on any atom is 0.0812 e. The molecular formula is C12H15ClN2O. The highest BCUT2D eigenvalue weighted by Gasteiger charge is 2.46. The van der Waals surface area contributed by atoms with Gasteiger partial charge in [0, 0.05) is 17.3 Å². The molecule has 2 saturated heterocycles. The summed E-state index contributed by atoms with van der Waals surface area (Å²) in [5, 5.41) is 0.775. The summed E-state index contributed by atoms with van der Waals surface area (Å²) in [6.45, 7) is 1.45. The molecule has 2 N–H and O–H groups in total. The van der Waals surface area contributed by atoms with E-state index in [1.54, 1.807) is 0 Å². The molecule has 1 aromatic carbocycles. The Bertz CT molecular complexity index is 398. The molecule has 4 heteroatoms. The smallest absolute Gasteiger partial charge is 0.0812 e. The van der Waals surface area contributed by atoms with Crippen LogP contribution in [-0.4, -0.2) is 31.3 Å². The lowest BCUT2D eigenvalue weighted by Gasteiger charge is -2.36. The minimum atomic E-state index is 0.300. The number of rotatable bonds is 2. The molecule has 16 heavy (non-hydrogen) atoms. The van der Waals surface area contributed by atoms with Crippen LogP contribution in [0.25, 0.3) is 0 Å². The topological polar surface area (TPSA) is 38.5 Å². The first-order valence-corrected chi connectivity index (χ1v) is 6.03. The van der Waals surface area contributed by atoms with E-state index in [1.807, 2.05) is 18.2 Å². The first-order valence-electron chi connectivity index (χ1n) is 5.65. The van der Waals surface area contributed by atoms with Gasteiger partial charge in [-0.2, -0.15) is 0 Å². The van der Waals surface area contributed by atoms with E-state index in [2.05, 4.69) is 11.0 Å². The molecule has 1 aromatic rings. The van der Waals surface area contributed by atoms with Crippen molar-refractivity contribution in [1.29, 1.82) is 0 Å². The second-order valence-corrected chi connectivity index (χ2v) is 4.89. The maximum atomic E-state index is 6.03. The zero-order valence-electron chi connectivity index (χ0n) is 8.97. The van der Waals surface area contributed by atoms with Gasteiger partial charge in [0.1, 0.15) is 0 Å². The van der Waals surface area contributed by atoms with Gasteiger partial charge in [0.05, 0.1) is 24.8 Å². The fourth-order valence-corrected chi connectivity index (χ4v) is 3.04. The number of fused-ring (bicyclic) bond motifs is 2. The summed E-state index contributed by atoms with van der Waals surface area (Å²) >= 11 is 6.03. The average Bonchev–Trinajstić information content (AvgIpc) is 2.88. The lowest BCUT2D eigenvalue weighted by molar-refractivity contribution is 0.0720. The molecule has 86 valence electrons. The lowest BCUT2D eigenvalue weighted by atomic mass is 10.1. The number of benzene rings is 1. The molecule has 2 heterocycles. The molecule has 0 spiro atoms. The molecule has 0 aliphatic carbocycles. The first-order chi connectivity index (χ1) is 7.79. The summed E-state index contributed by atoms with van der Waals surface area (Å²) in [6.07, 6.45) is 1.39. The Balaban J connectivity index is 1.94. The molecule has 0 saturated carbocycles. The van der Waals surface area contributed by atoms with E-state index in [0.717, 1.165) is 18.1 Å². The molecule has 3 unspecified atom stereocenters. The van der Waals surface area contributed by atoms with Crippen LogP contribution in [0.5, 0.6) is 0 Å². The van der Waals surface area contributed by atoms with Crippen LogP contribution in [0.2, 0.25) is 5.02 Å². The van der Waals surface area contributed by atoms with Crippen LogP contribution in [0.1, 0.15) is 6.42 Å². The van der Waals surface area contributed by atoms with Gasteiger partial charge in [0.25, 0.3) is 0 Å². The summed E-state index contributed by atoms with van der Waals surface area (Å²) < 4.78 is 5.68. The third kappa shape index (κ3) is 1.51. The predicted octanol–water partition coefficient (Wildman–Crippen LogP) is 1.64. The highest BCUT2D eigenvalue weighted by Crippen LogP contribution is 2.37. The average molecular weight is 239 g/mol. The summed E-state index contributed by atoms with van der Waals surface area (Å²) in [6, 6.07) is 8.75. The molecule has 3 nitrogen and oxygen atoms in total. The highest BCUT2D eigenvalue weighted by molar-refractivity contribution is 6.30. The van der Waals surface area contributed by atoms with Gasteiger partial charge in [0.2, 0.25) is 0 Å². The van der Waals surface area contributed by atoms with Gasteiger partial charge in [-0.25, -0.2) is 0 Å². The van der Waals surface area contributed by atoms with Gasteiger partial charge >= 0.3 is 0 Å². The van der Waals surface area contributed by atoms with Crippen molar-refractivity contribution in [1.82, 2.24) is 0 Å². The van der Waals surface area contributed by atoms with Crippen molar-refractivity contribution in [2.45, 2.75) is 24.6 Å². The monoisotopic (exact) mass is 238 g/mol. The Morgan fingerprint density at radius 2 is 2.38 bits per heavy atom. The number of ether oxygens (including phenoxy) is 1. The van der Waals surface area contributed by atoms with Gasteiger partial charge in [-0.1, -0.05) is 17.7 Å². The summed E-state index contributed by atoms with van der Waals surface area (Å²) in [5.74, 6) is 0. The molecule has 2 bridgehead atoms.